The number of halogens is 1. The van der Waals surface area contributed by atoms with E-state index < -0.39 is 5.97 Å². The summed E-state index contributed by atoms with van der Waals surface area (Å²) in [5.74, 6) is -0.924. The molecule has 5 heteroatoms. The predicted octanol–water partition coefficient (Wildman–Crippen LogP) is 4.44. The highest BCUT2D eigenvalue weighted by Gasteiger charge is 2.16. The van der Waals surface area contributed by atoms with Crippen LogP contribution in [0.5, 0.6) is 5.75 Å². The number of benzene rings is 3. The van der Waals surface area contributed by atoms with E-state index in [4.69, 9.17) is 9.47 Å². The number of carbonyl (C=O) groups is 2. The van der Waals surface area contributed by atoms with E-state index in [1.165, 1.54) is 12.1 Å². The summed E-state index contributed by atoms with van der Waals surface area (Å²) in [6.07, 6.45) is 0. The van der Waals surface area contributed by atoms with E-state index in [9.17, 15) is 14.0 Å². The topological polar surface area (TPSA) is 52.6 Å². The van der Waals surface area contributed by atoms with Crippen LogP contribution in [0.1, 0.15) is 26.3 Å². The summed E-state index contributed by atoms with van der Waals surface area (Å²) >= 11 is 0. The first-order valence-electron chi connectivity index (χ1n) is 8.35. The standard InChI is InChI=1S/C22H17FO4/c23-18-12-10-16(11-13-18)14-26-21-9-5-4-8-19(21)22(25)27-15-20(24)17-6-2-1-3-7-17/h1-13H,14-15H2. The third-order valence-electron chi connectivity index (χ3n) is 3.84. The molecule has 0 aliphatic carbocycles. The monoisotopic (exact) mass is 364 g/mol. The Hall–Kier alpha value is -3.47. The lowest BCUT2D eigenvalue weighted by molar-refractivity contribution is 0.0470. The second-order valence-electron chi connectivity index (χ2n) is 5.78. The molecule has 0 fully saturated rings. The van der Waals surface area contributed by atoms with Crippen molar-refractivity contribution in [1.82, 2.24) is 0 Å². The second-order valence-corrected chi connectivity index (χ2v) is 5.78. The number of ether oxygens (including phenoxy) is 2. The van der Waals surface area contributed by atoms with Gasteiger partial charge in [0, 0.05) is 5.56 Å². The lowest BCUT2D eigenvalue weighted by atomic mass is 10.1. The molecule has 4 nitrogen and oxygen atoms in total. The van der Waals surface area contributed by atoms with Crippen molar-refractivity contribution in [3.05, 3.63) is 101 Å². The lowest BCUT2D eigenvalue weighted by Gasteiger charge is -2.11. The second kappa shape index (κ2) is 8.76. The average molecular weight is 364 g/mol. The van der Waals surface area contributed by atoms with Gasteiger partial charge in [-0.1, -0.05) is 54.6 Å². The van der Waals surface area contributed by atoms with Crippen LogP contribution >= 0.6 is 0 Å². The summed E-state index contributed by atoms with van der Waals surface area (Å²) in [6.45, 7) is -0.178. The summed E-state index contributed by atoms with van der Waals surface area (Å²) < 4.78 is 23.8. The Morgan fingerprint density at radius 1 is 0.815 bits per heavy atom. The Kier molecular flexibility index (Phi) is 5.94. The van der Waals surface area contributed by atoms with Crippen LogP contribution < -0.4 is 4.74 Å². The van der Waals surface area contributed by atoms with Crippen molar-refractivity contribution in [3.8, 4) is 5.75 Å². The minimum absolute atomic E-state index is 0.174. The minimum Gasteiger partial charge on any atom is -0.488 e. The predicted molar refractivity (Wildman–Crippen MR) is 98.2 cm³/mol. The molecule has 3 aromatic carbocycles. The fourth-order valence-electron chi connectivity index (χ4n) is 2.42. The zero-order valence-electron chi connectivity index (χ0n) is 14.4. The van der Waals surface area contributed by atoms with Gasteiger partial charge in [0.25, 0.3) is 0 Å². The molecule has 0 amide bonds. The molecule has 0 atom stereocenters. The Labute approximate surface area is 156 Å². The van der Waals surface area contributed by atoms with Gasteiger partial charge < -0.3 is 9.47 Å². The van der Waals surface area contributed by atoms with Crippen LogP contribution in [0, 0.1) is 5.82 Å². The minimum atomic E-state index is -0.644. The number of esters is 1. The summed E-state index contributed by atoms with van der Waals surface area (Å²) in [6, 6.07) is 21.1. The van der Waals surface area contributed by atoms with E-state index >= 15 is 0 Å². The van der Waals surface area contributed by atoms with Crippen molar-refractivity contribution < 1.29 is 23.5 Å². The zero-order valence-corrected chi connectivity index (χ0v) is 14.4. The van der Waals surface area contributed by atoms with Crippen molar-refractivity contribution in [2.24, 2.45) is 0 Å². The Morgan fingerprint density at radius 3 is 2.22 bits per heavy atom. The number of hydrogen-bond acceptors (Lipinski definition) is 4. The molecule has 0 spiro atoms. The number of para-hydroxylation sites is 1. The lowest BCUT2D eigenvalue weighted by Crippen LogP contribution is -2.15. The van der Waals surface area contributed by atoms with E-state index in [-0.39, 0.29) is 30.4 Å². The van der Waals surface area contributed by atoms with E-state index in [2.05, 4.69) is 0 Å². The highest BCUT2D eigenvalue weighted by Crippen LogP contribution is 2.20. The summed E-state index contributed by atoms with van der Waals surface area (Å²) in [4.78, 5) is 24.4. The van der Waals surface area contributed by atoms with Crippen molar-refractivity contribution >= 4 is 11.8 Å². The first kappa shape index (κ1) is 18.3. The van der Waals surface area contributed by atoms with Gasteiger partial charge in [0.1, 0.15) is 23.7 Å². The maximum Gasteiger partial charge on any atom is 0.342 e. The first-order chi connectivity index (χ1) is 13.1. The van der Waals surface area contributed by atoms with Gasteiger partial charge in [0.2, 0.25) is 0 Å². The summed E-state index contributed by atoms with van der Waals surface area (Å²) in [7, 11) is 0. The van der Waals surface area contributed by atoms with Crippen LogP contribution in [-0.2, 0) is 11.3 Å². The quantitative estimate of drug-likeness (QED) is 0.459. The smallest absolute Gasteiger partial charge is 0.342 e. The number of hydrogen-bond donors (Lipinski definition) is 0. The molecule has 0 aromatic heterocycles. The van der Waals surface area contributed by atoms with Crippen molar-refractivity contribution in [3.63, 3.8) is 0 Å². The van der Waals surface area contributed by atoms with Gasteiger partial charge in [0.15, 0.2) is 12.4 Å². The van der Waals surface area contributed by atoms with E-state index in [0.717, 1.165) is 5.56 Å². The summed E-state index contributed by atoms with van der Waals surface area (Å²) in [5.41, 5.74) is 1.46. The molecule has 27 heavy (non-hydrogen) atoms. The third kappa shape index (κ3) is 5.01. The van der Waals surface area contributed by atoms with E-state index in [0.29, 0.717) is 11.3 Å². The van der Waals surface area contributed by atoms with Crippen LogP contribution in [0.15, 0.2) is 78.9 Å². The number of ketones is 1. The van der Waals surface area contributed by atoms with E-state index in [1.54, 1.807) is 66.7 Å². The fourth-order valence-corrected chi connectivity index (χ4v) is 2.42. The highest BCUT2D eigenvalue weighted by molar-refractivity contribution is 5.99. The molecule has 136 valence electrons. The maximum absolute atomic E-state index is 13.0. The molecule has 0 aliphatic rings. The number of carbonyl (C=O) groups excluding carboxylic acids is 2. The Morgan fingerprint density at radius 2 is 1.48 bits per heavy atom. The van der Waals surface area contributed by atoms with Gasteiger partial charge in [-0.2, -0.15) is 0 Å². The molecular formula is C22H17FO4. The molecule has 0 N–H and O–H groups in total. The van der Waals surface area contributed by atoms with E-state index in [1.807, 2.05) is 0 Å². The SMILES string of the molecule is O=C(COC(=O)c1ccccc1OCc1ccc(F)cc1)c1ccccc1. The highest BCUT2D eigenvalue weighted by atomic mass is 19.1. The van der Waals surface area contributed by atoms with Crippen LogP contribution in [-0.4, -0.2) is 18.4 Å². The Balaban J connectivity index is 1.63. The number of rotatable bonds is 7. The van der Waals surface area contributed by atoms with Crippen molar-refractivity contribution in [2.45, 2.75) is 6.61 Å². The first-order valence-corrected chi connectivity index (χ1v) is 8.35. The molecule has 0 unspecified atom stereocenters. The van der Waals surface area contributed by atoms with Crippen molar-refractivity contribution in [2.75, 3.05) is 6.61 Å². The van der Waals surface area contributed by atoms with Crippen LogP contribution in [0.2, 0.25) is 0 Å². The molecular weight excluding hydrogens is 347 g/mol. The molecule has 0 saturated heterocycles. The fraction of sp³-hybridized carbons (Fsp3) is 0.0909. The number of Topliss-reactive ketones (excluding diaryl/α,β-unsaturated/α-hetero) is 1. The van der Waals surface area contributed by atoms with Crippen LogP contribution in [0.25, 0.3) is 0 Å². The van der Waals surface area contributed by atoms with Gasteiger partial charge in [-0.05, 0) is 29.8 Å². The maximum atomic E-state index is 13.0. The van der Waals surface area contributed by atoms with Crippen molar-refractivity contribution in [1.29, 1.82) is 0 Å². The van der Waals surface area contributed by atoms with Gasteiger partial charge in [-0.15, -0.1) is 0 Å². The molecule has 0 heterocycles. The van der Waals surface area contributed by atoms with Gasteiger partial charge in [0.05, 0.1) is 0 Å². The van der Waals surface area contributed by atoms with Gasteiger partial charge >= 0.3 is 5.97 Å². The molecule has 0 radical (unpaired) electrons. The normalized spacial score (nSPS) is 10.3. The van der Waals surface area contributed by atoms with Crippen LogP contribution in [0.4, 0.5) is 4.39 Å². The zero-order chi connectivity index (χ0) is 19.1. The Bertz CT molecular complexity index is 921. The third-order valence-corrected chi connectivity index (χ3v) is 3.84. The molecule has 3 rings (SSSR count). The van der Waals surface area contributed by atoms with Gasteiger partial charge in [-0.25, -0.2) is 9.18 Å². The molecule has 0 bridgehead atoms. The molecule has 0 aliphatic heterocycles. The molecule has 0 saturated carbocycles. The molecule has 3 aromatic rings. The van der Waals surface area contributed by atoms with Crippen LogP contribution in [0.3, 0.4) is 0 Å². The van der Waals surface area contributed by atoms with Gasteiger partial charge in [-0.3, -0.25) is 4.79 Å². The largest absolute Gasteiger partial charge is 0.488 e. The average Bonchev–Trinajstić information content (AvgIpc) is 2.72. The summed E-state index contributed by atoms with van der Waals surface area (Å²) in [5, 5.41) is 0.